The third kappa shape index (κ3) is 9.35. The Bertz CT molecular complexity index is 1310. The van der Waals surface area contributed by atoms with Gasteiger partial charge in [0.2, 0.25) is 17.7 Å². The number of imidazole rings is 1. The number of hydrogen-bond donors (Lipinski definition) is 7. The van der Waals surface area contributed by atoms with Gasteiger partial charge in [-0.25, -0.2) is 9.78 Å². The van der Waals surface area contributed by atoms with E-state index in [0.29, 0.717) is 17.9 Å². The van der Waals surface area contributed by atoms with Gasteiger partial charge in [-0.1, -0.05) is 32.0 Å². The van der Waals surface area contributed by atoms with Gasteiger partial charge >= 0.3 is 5.97 Å². The molecule has 3 rings (SSSR count). The van der Waals surface area contributed by atoms with Gasteiger partial charge in [-0.15, -0.1) is 0 Å². The van der Waals surface area contributed by atoms with Crippen LogP contribution in [0.2, 0.25) is 0 Å². The first-order valence-electron chi connectivity index (χ1n) is 13.5. The Morgan fingerprint density at radius 2 is 1.66 bits per heavy atom. The molecule has 4 unspecified atom stereocenters. The summed E-state index contributed by atoms with van der Waals surface area (Å²) in [4.78, 5) is 61.7. The topological polar surface area (TPSA) is 195 Å². The highest BCUT2D eigenvalue weighted by Crippen LogP contribution is 2.19. The number of aromatic amines is 2. The molecule has 1 aromatic carbocycles. The Labute approximate surface area is 243 Å². The van der Waals surface area contributed by atoms with Gasteiger partial charge in [0.25, 0.3) is 0 Å². The van der Waals surface area contributed by atoms with E-state index in [1.165, 1.54) is 12.5 Å². The van der Waals surface area contributed by atoms with Gasteiger partial charge in [0.05, 0.1) is 12.4 Å². The first-order valence-corrected chi connectivity index (χ1v) is 14.9. The number of aromatic nitrogens is 3. The number of amides is 3. The number of carboxylic acids is 1. The lowest BCUT2D eigenvalue weighted by molar-refractivity contribution is -0.142. The maximum Gasteiger partial charge on any atom is 0.326 e. The monoisotopic (exact) mass is 585 g/mol. The van der Waals surface area contributed by atoms with Crippen molar-refractivity contribution in [1.29, 1.82) is 0 Å². The van der Waals surface area contributed by atoms with Crippen LogP contribution in [0, 0.1) is 5.92 Å². The normalized spacial score (nSPS) is 14.3. The molecule has 3 aromatic rings. The molecular formula is C28H39N7O5S. The molecule has 4 atom stereocenters. The van der Waals surface area contributed by atoms with Crippen molar-refractivity contribution in [3.8, 4) is 0 Å². The predicted molar refractivity (Wildman–Crippen MR) is 158 cm³/mol. The van der Waals surface area contributed by atoms with Crippen LogP contribution in [0.1, 0.15) is 37.9 Å². The van der Waals surface area contributed by atoms with Crippen LogP contribution in [0.25, 0.3) is 10.9 Å². The van der Waals surface area contributed by atoms with Crippen LogP contribution in [-0.2, 0) is 32.0 Å². The molecule has 0 bridgehead atoms. The molecule has 0 spiro atoms. The summed E-state index contributed by atoms with van der Waals surface area (Å²) in [7, 11) is 0. The van der Waals surface area contributed by atoms with Crippen molar-refractivity contribution in [3.63, 3.8) is 0 Å². The molecule has 12 nitrogen and oxygen atoms in total. The summed E-state index contributed by atoms with van der Waals surface area (Å²) in [6.45, 7) is 3.78. The van der Waals surface area contributed by atoms with Gasteiger partial charge in [-0.3, -0.25) is 14.4 Å². The number of rotatable bonds is 16. The van der Waals surface area contributed by atoms with Gasteiger partial charge < -0.3 is 36.8 Å². The van der Waals surface area contributed by atoms with Gasteiger partial charge in [0, 0.05) is 41.8 Å². The van der Waals surface area contributed by atoms with E-state index in [9.17, 15) is 24.3 Å². The Hall–Kier alpha value is -3.84. The van der Waals surface area contributed by atoms with Crippen molar-refractivity contribution in [3.05, 3.63) is 54.2 Å². The van der Waals surface area contributed by atoms with Crippen LogP contribution in [-0.4, -0.2) is 79.9 Å². The summed E-state index contributed by atoms with van der Waals surface area (Å²) in [5, 5.41) is 18.7. The molecule has 0 saturated carbocycles. The molecule has 0 saturated heterocycles. The van der Waals surface area contributed by atoms with Gasteiger partial charge in [0.1, 0.15) is 18.1 Å². The van der Waals surface area contributed by atoms with E-state index in [1.807, 2.05) is 44.4 Å². The molecular weight excluding hydrogens is 546 g/mol. The SMILES string of the molecule is CSCCC(N)C(=O)NC(Cc1c[nH]c2ccccc12)C(=O)NC(CC(C)C)C(=O)NC(Cc1cnc[nH]1)C(=O)O. The summed E-state index contributed by atoms with van der Waals surface area (Å²) in [5.41, 5.74) is 8.32. The molecule has 8 N–H and O–H groups in total. The first kappa shape index (κ1) is 31.7. The number of carboxylic acid groups (broad SMARTS) is 1. The smallest absolute Gasteiger partial charge is 0.326 e. The van der Waals surface area contributed by atoms with Crippen molar-refractivity contribution >= 4 is 46.4 Å². The number of nitrogens with one attached hydrogen (secondary N) is 5. The van der Waals surface area contributed by atoms with E-state index in [1.54, 1.807) is 18.0 Å². The van der Waals surface area contributed by atoms with Gasteiger partial charge in [-0.05, 0) is 42.4 Å². The Balaban J connectivity index is 1.80. The van der Waals surface area contributed by atoms with Crippen molar-refractivity contribution in [1.82, 2.24) is 30.9 Å². The maximum atomic E-state index is 13.7. The minimum Gasteiger partial charge on any atom is -0.480 e. The number of para-hydroxylation sites is 1. The fraction of sp³-hybridized carbons (Fsp3) is 0.464. The number of thioether (sulfide) groups is 1. The molecule has 2 heterocycles. The summed E-state index contributed by atoms with van der Waals surface area (Å²) >= 11 is 1.57. The number of fused-ring (bicyclic) bond motifs is 1. The highest BCUT2D eigenvalue weighted by molar-refractivity contribution is 7.98. The summed E-state index contributed by atoms with van der Waals surface area (Å²) in [6, 6.07) is 3.53. The molecule has 0 aliphatic rings. The summed E-state index contributed by atoms with van der Waals surface area (Å²) in [6.07, 6.45) is 7.47. The summed E-state index contributed by atoms with van der Waals surface area (Å²) in [5.74, 6) is -2.19. The van der Waals surface area contributed by atoms with Crippen molar-refractivity contribution < 1.29 is 24.3 Å². The van der Waals surface area contributed by atoms with Crippen LogP contribution in [0.5, 0.6) is 0 Å². The number of H-pyrrole nitrogens is 2. The standard InChI is InChI=1S/C28H39N7O5S/c1-16(2)10-22(26(37)35-24(28(39)40)12-18-14-30-15-32-18)34-27(38)23(33-25(36)20(29)8-9-41-3)11-17-13-31-21-7-5-4-6-19(17)21/h4-7,13-16,20,22-24,31H,8-12,29H2,1-3H3,(H,30,32)(H,33,36)(H,34,38)(H,35,37)(H,39,40). The quantitative estimate of drug-likeness (QED) is 0.131. The molecule has 41 heavy (non-hydrogen) atoms. The Morgan fingerprint density at radius 3 is 2.32 bits per heavy atom. The third-order valence-corrected chi connectivity index (χ3v) is 7.28. The highest BCUT2D eigenvalue weighted by Gasteiger charge is 2.31. The van der Waals surface area contributed by atoms with Gasteiger partial charge in [-0.2, -0.15) is 11.8 Å². The summed E-state index contributed by atoms with van der Waals surface area (Å²) < 4.78 is 0. The number of carbonyl (C=O) groups is 4. The molecule has 3 amide bonds. The zero-order valence-corrected chi connectivity index (χ0v) is 24.3. The second-order valence-electron chi connectivity index (χ2n) is 10.4. The second-order valence-corrected chi connectivity index (χ2v) is 11.4. The Kier molecular flexibility index (Phi) is 11.8. The van der Waals surface area contributed by atoms with E-state index >= 15 is 0 Å². The molecule has 0 aliphatic carbocycles. The average Bonchev–Trinajstić information content (AvgIpc) is 3.60. The van der Waals surface area contributed by atoms with Crippen LogP contribution >= 0.6 is 11.8 Å². The predicted octanol–water partition coefficient (Wildman–Crippen LogP) is 1.34. The fourth-order valence-corrected chi connectivity index (χ4v) is 4.94. The molecule has 2 aromatic heterocycles. The Morgan fingerprint density at radius 1 is 0.976 bits per heavy atom. The number of hydrogen-bond acceptors (Lipinski definition) is 7. The number of nitrogens with two attached hydrogens (primary N) is 1. The van der Waals surface area contributed by atoms with E-state index < -0.39 is 47.9 Å². The zero-order chi connectivity index (χ0) is 29.9. The molecule has 0 aliphatic heterocycles. The first-order chi connectivity index (χ1) is 19.6. The number of nitrogens with zero attached hydrogens (tertiary/aromatic N) is 1. The molecule has 0 radical (unpaired) electrons. The van der Waals surface area contributed by atoms with Crippen LogP contribution < -0.4 is 21.7 Å². The van der Waals surface area contributed by atoms with E-state index in [4.69, 9.17) is 5.73 Å². The van der Waals surface area contributed by atoms with E-state index in [0.717, 1.165) is 16.5 Å². The van der Waals surface area contributed by atoms with Crippen molar-refractivity contribution in [2.45, 2.75) is 63.7 Å². The van der Waals surface area contributed by atoms with Gasteiger partial charge in [0.15, 0.2) is 0 Å². The minimum atomic E-state index is -1.23. The molecule has 0 fully saturated rings. The molecule has 13 heteroatoms. The van der Waals surface area contributed by atoms with Crippen molar-refractivity contribution in [2.75, 3.05) is 12.0 Å². The van der Waals surface area contributed by atoms with E-state index in [-0.39, 0.29) is 25.2 Å². The third-order valence-electron chi connectivity index (χ3n) is 6.64. The van der Waals surface area contributed by atoms with Crippen LogP contribution in [0.3, 0.4) is 0 Å². The van der Waals surface area contributed by atoms with Crippen LogP contribution in [0.4, 0.5) is 0 Å². The lowest BCUT2D eigenvalue weighted by Crippen LogP contribution is -2.58. The fourth-order valence-electron chi connectivity index (χ4n) is 4.45. The number of aliphatic carboxylic acids is 1. The van der Waals surface area contributed by atoms with Crippen LogP contribution in [0.15, 0.2) is 43.0 Å². The lowest BCUT2D eigenvalue weighted by Gasteiger charge is -2.26. The minimum absolute atomic E-state index is 0.00330. The number of benzene rings is 1. The highest BCUT2D eigenvalue weighted by atomic mass is 32.2. The number of carbonyl (C=O) groups excluding carboxylic acids is 3. The molecule has 222 valence electrons. The lowest BCUT2D eigenvalue weighted by atomic mass is 10.00. The second kappa shape index (κ2) is 15.2. The maximum absolute atomic E-state index is 13.7. The van der Waals surface area contributed by atoms with Crippen molar-refractivity contribution in [2.24, 2.45) is 11.7 Å². The van der Waals surface area contributed by atoms with E-state index in [2.05, 4.69) is 30.9 Å². The largest absolute Gasteiger partial charge is 0.480 e. The average molecular weight is 586 g/mol. The zero-order valence-electron chi connectivity index (χ0n) is 23.5.